The standard InChI is InChI=1S/C17H29NO3/c1-14-15(20-12-11-18)7-6-8-16(14)21-13-17(19)9-4-2-3-5-10-17/h6-8,14-15,19H,2-5,9-13,18H2,1H3/t14-,15?/m0/s1. The Morgan fingerprint density at radius 3 is 2.67 bits per heavy atom. The van der Waals surface area contributed by atoms with Gasteiger partial charge in [0, 0.05) is 12.5 Å². The van der Waals surface area contributed by atoms with Crippen LogP contribution in [0.25, 0.3) is 0 Å². The molecule has 0 saturated heterocycles. The van der Waals surface area contributed by atoms with Gasteiger partial charge < -0.3 is 20.3 Å². The molecule has 2 atom stereocenters. The van der Waals surface area contributed by atoms with E-state index in [2.05, 4.69) is 6.92 Å². The van der Waals surface area contributed by atoms with Crippen LogP contribution in [-0.4, -0.2) is 36.6 Å². The maximum Gasteiger partial charge on any atom is 0.116 e. The van der Waals surface area contributed by atoms with Crippen molar-refractivity contribution in [2.45, 2.75) is 57.2 Å². The highest BCUT2D eigenvalue weighted by Crippen LogP contribution is 2.30. The zero-order chi connectivity index (χ0) is 15.1. The Bertz CT molecular complexity index is 370. The molecule has 1 saturated carbocycles. The number of ether oxygens (including phenoxy) is 2. The molecule has 0 aromatic heterocycles. The summed E-state index contributed by atoms with van der Waals surface area (Å²) in [6.07, 6.45) is 12.3. The minimum Gasteiger partial charge on any atom is -0.495 e. The topological polar surface area (TPSA) is 64.7 Å². The number of allylic oxidation sites excluding steroid dienone is 2. The summed E-state index contributed by atoms with van der Waals surface area (Å²) in [6.45, 7) is 3.56. The second kappa shape index (κ2) is 7.97. The molecule has 0 aromatic rings. The van der Waals surface area contributed by atoms with Gasteiger partial charge in [0.2, 0.25) is 0 Å². The van der Waals surface area contributed by atoms with Gasteiger partial charge in [-0.15, -0.1) is 0 Å². The number of nitrogens with two attached hydrogens (primary N) is 1. The van der Waals surface area contributed by atoms with Gasteiger partial charge >= 0.3 is 0 Å². The van der Waals surface area contributed by atoms with Gasteiger partial charge in [0.15, 0.2) is 0 Å². The first-order valence-electron chi connectivity index (χ1n) is 8.20. The van der Waals surface area contributed by atoms with Gasteiger partial charge in [-0.1, -0.05) is 44.8 Å². The predicted octanol–water partition coefficient (Wildman–Crippen LogP) is 2.52. The van der Waals surface area contributed by atoms with Crippen LogP contribution in [0.5, 0.6) is 0 Å². The smallest absolute Gasteiger partial charge is 0.116 e. The lowest BCUT2D eigenvalue weighted by Gasteiger charge is -2.31. The maximum absolute atomic E-state index is 10.7. The fraction of sp³-hybridized carbons (Fsp3) is 0.765. The third kappa shape index (κ3) is 4.83. The van der Waals surface area contributed by atoms with Crippen molar-refractivity contribution in [3.05, 3.63) is 24.0 Å². The Labute approximate surface area is 128 Å². The van der Waals surface area contributed by atoms with Gasteiger partial charge in [-0.05, 0) is 18.9 Å². The molecule has 120 valence electrons. The molecule has 1 fully saturated rings. The van der Waals surface area contributed by atoms with Crippen molar-refractivity contribution >= 4 is 0 Å². The van der Waals surface area contributed by atoms with Crippen molar-refractivity contribution in [2.24, 2.45) is 11.7 Å². The molecule has 2 aliphatic rings. The van der Waals surface area contributed by atoms with Crippen LogP contribution in [-0.2, 0) is 9.47 Å². The summed E-state index contributed by atoms with van der Waals surface area (Å²) in [5.74, 6) is 1.06. The van der Waals surface area contributed by atoms with E-state index in [1.165, 1.54) is 12.8 Å². The summed E-state index contributed by atoms with van der Waals surface area (Å²) in [7, 11) is 0. The lowest BCUT2D eigenvalue weighted by atomic mass is 9.94. The Hall–Kier alpha value is -0.840. The van der Waals surface area contributed by atoms with Crippen molar-refractivity contribution in [1.82, 2.24) is 0 Å². The Morgan fingerprint density at radius 2 is 2.00 bits per heavy atom. The average Bonchev–Trinajstić information content (AvgIpc) is 2.70. The highest BCUT2D eigenvalue weighted by atomic mass is 16.5. The van der Waals surface area contributed by atoms with Gasteiger partial charge in [-0.2, -0.15) is 0 Å². The summed E-state index contributed by atoms with van der Waals surface area (Å²) >= 11 is 0. The SMILES string of the molecule is C[C@@H]1C(OCC2(O)CCCCCC2)=CC=CC1OCCN. The summed E-state index contributed by atoms with van der Waals surface area (Å²) in [5, 5.41) is 10.7. The van der Waals surface area contributed by atoms with Gasteiger partial charge in [-0.3, -0.25) is 0 Å². The normalized spacial score (nSPS) is 28.8. The zero-order valence-electron chi connectivity index (χ0n) is 13.1. The fourth-order valence-electron chi connectivity index (χ4n) is 3.07. The Kier molecular flexibility index (Phi) is 6.27. The summed E-state index contributed by atoms with van der Waals surface area (Å²) in [4.78, 5) is 0. The average molecular weight is 295 g/mol. The Morgan fingerprint density at radius 1 is 1.29 bits per heavy atom. The van der Waals surface area contributed by atoms with E-state index in [1.54, 1.807) is 0 Å². The molecular formula is C17H29NO3. The fourth-order valence-corrected chi connectivity index (χ4v) is 3.07. The van der Waals surface area contributed by atoms with E-state index < -0.39 is 5.60 Å². The number of hydrogen-bond donors (Lipinski definition) is 2. The second-order valence-electron chi connectivity index (χ2n) is 6.29. The first kappa shape index (κ1) is 16.5. The van der Waals surface area contributed by atoms with Crippen LogP contribution in [0.1, 0.15) is 45.4 Å². The van der Waals surface area contributed by atoms with Gasteiger partial charge in [0.1, 0.15) is 12.4 Å². The van der Waals surface area contributed by atoms with E-state index in [0.29, 0.717) is 19.8 Å². The molecule has 0 bridgehead atoms. The van der Waals surface area contributed by atoms with E-state index in [4.69, 9.17) is 15.2 Å². The molecule has 4 nitrogen and oxygen atoms in total. The van der Waals surface area contributed by atoms with Gasteiger partial charge in [-0.25, -0.2) is 0 Å². The van der Waals surface area contributed by atoms with Gasteiger partial charge in [0.05, 0.1) is 18.3 Å². The molecule has 4 heteroatoms. The van der Waals surface area contributed by atoms with E-state index in [-0.39, 0.29) is 12.0 Å². The minimum atomic E-state index is -0.661. The highest BCUT2D eigenvalue weighted by Gasteiger charge is 2.31. The van der Waals surface area contributed by atoms with Crippen molar-refractivity contribution in [2.75, 3.05) is 19.8 Å². The maximum atomic E-state index is 10.7. The largest absolute Gasteiger partial charge is 0.495 e. The number of aliphatic hydroxyl groups is 1. The van der Waals surface area contributed by atoms with Crippen molar-refractivity contribution in [3.8, 4) is 0 Å². The lowest BCUT2D eigenvalue weighted by molar-refractivity contribution is -0.0486. The quantitative estimate of drug-likeness (QED) is 0.739. The van der Waals surface area contributed by atoms with Crippen LogP contribution in [0.3, 0.4) is 0 Å². The molecule has 3 N–H and O–H groups in total. The summed E-state index contributed by atoms with van der Waals surface area (Å²) in [5.41, 5.74) is 4.83. The first-order valence-corrected chi connectivity index (χ1v) is 8.20. The molecule has 0 aliphatic heterocycles. The van der Waals surface area contributed by atoms with E-state index in [0.717, 1.165) is 31.4 Å². The zero-order valence-corrected chi connectivity index (χ0v) is 13.1. The minimum absolute atomic E-state index is 0.0114. The second-order valence-corrected chi connectivity index (χ2v) is 6.29. The molecule has 0 heterocycles. The van der Waals surface area contributed by atoms with Crippen LogP contribution >= 0.6 is 0 Å². The van der Waals surface area contributed by atoms with E-state index in [1.807, 2.05) is 18.2 Å². The van der Waals surface area contributed by atoms with Crippen LogP contribution in [0.2, 0.25) is 0 Å². The van der Waals surface area contributed by atoms with Crippen LogP contribution in [0.15, 0.2) is 24.0 Å². The van der Waals surface area contributed by atoms with Crippen LogP contribution in [0.4, 0.5) is 0 Å². The third-order valence-electron chi connectivity index (χ3n) is 4.47. The molecule has 0 aromatic carbocycles. The predicted molar refractivity (Wildman–Crippen MR) is 83.8 cm³/mol. The molecule has 0 radical (unpaired) electrons. The van der Waals surface area contributed by atoms with E-state index >= 15 is 0 Å². The van der Waals surface area contributed by atoms with Crippen molar-refractivity contribution < 1.29 is 14.6 Å². The number of rotatable bonds is 6. The third-order valence-corrected chi connectivity index (χ3v) is 4.47. The molecule has 2 aliphatic carbocycles. The Balaban J connectivity index is 1.87. The van der Waals surface area contributed by atoms with Crippen LogP contribution in [0, 0.1) is 5.92 Å². The van der Waals surface area contributed by atoms with Crippen molar-refractivity contribution in [3.63, 3.8) is 0 Å². The van der Waals surface area contributed by atoms with E-state index in [9.17, 15) is 5.11 Å². The monoisotopic (exact) mass is 295 g/mol. The van der Waals surface area contributed by atoms with Gasteiger partial charge in [0.25, 0.3) is 0 Å². The molecule has 0 spiro atoms. The molecular weight excluding hydrogens is 266 g/mol. The lowest BCUT2D eigenvalue weighted by Crippen LogP contribution is -2.35. The molecule has 21 heavy (non-hydrogen) atoms. The molecule has 0 amide bonds. The van der Waals surface area contributed by atoms with Crippen molar-refractivity contribution in [1.29, 1.82) is 0 Å². The molecule has 2 rings (SSSR count). The summed E-state index contributed by atoms with van der Waals surface area (Å²) in [6, 6.07) is 0. The molecule has 1 unspecified atom stereocenters. The number of hydrogen-bond acceptors (Lipinski definition) is 4. The highest BCUT2D eigenvalue weighted by molar-refractivity contribution is 5.20. The van der Waals surface area contributed by atoms with Crippen LogP contribution < -0.4 is 5.73 Å². The summed E-state index contributed by atoms with van der Waals surface area (Å²) < 4.78 is 11.7. The first-order chi connectivity index (χ1) is 10.1.